The minimum Gasteiger partial charge on any atom is -0.338 e. The summed E-state index contributed by atoms with van der Waals surface area (Å²) in [5.74, 6) is 0.0169. The van der Waals surface area contributed by atoms with Crippen LogP contribution in [0.15, 0.2) is 30.3 Å². The van der Waals surface area contributed by atoms with Gasteiger partial charge in [0.2, 0.25) is 0 Å². The molecule has 0 N–H and O–H groups in total. The number of hydrogen-bond acceptors (Lipinski definition) is 2. The summed E-state index contributed by atoms with van der Waals surface area (Å²) >= 11 is 0. The normalized spacial score (nSPS) is 10.6. The molecule has 0 radical (unpaired) electrons. The summed E-state index contributed by atoms with van der Waals surface area (Å²) < 4.78 is 0. The van der Waals surface area contributed by atoms with Crippen molar-refractivity contribution in [3.05, 3.63) is 41.6 Å². The second-order valence-corrected chi connectivity index (χ2v) is 4.32. The van der Waals surface area contributed by atoms with E-state index in [0.717, 1.165) is 16.5 Å². The Kier molecular flexibility index (Phi) is 3.60. The predicted molar refractivity (Wildman–Crippen MR) is 73.7 cm³/mol. The number of carbonyl (C=O) groups is 1. The van der Waals surface area contributed by atoms with E-state index in [4.69, 9.17) is 0 Å². The van der Waals surface area contributed by atoms with E-state index >= 15 is 0 Å². The Labute approximate surface area is 107 Å². The molecule has 1 aromatic heterocycles. The van der Waals surface area contributed by atoms with Crippen LogP contribution in [-0.4, -0.2) is 28.9 Å². The summed E-state index contributed by atoms with van der Waals surface area (Å²) in [6.07, 6.45) is 0. The smallest absolute Gasteiger partial charge is 0.272 e. The lowest BCUT2D eigenvalue weighted by Gasteiger charge is -2.19. The van der Waals surface area contributed by atoms with Crippen molar-refractivity contribution in [3.63, 3.8) is 0 Å². The van der Waals surface area contributed by atoms with Crippen LogP contribution in [0.5, 0.6) is 0 Å². The number of aromatic nitrogens is 1. The van der Waals surface area contributed by atoms with Crippen molar-refractivity contribution in [2.45, 2.75) is 20.8 Å². The zero-order chi connectivity index (χ0) is 13.1. The van der Waals surface area contributed by atoms with E-state index in [1.54, 1.807) is 4.90 Å². The van der Waals surface area contributed by atoms with Gasteiger partial charge in [0, 0.05) is 18.5 Å². The maximum Gasteiger partial charge on any atom is 0.272 e. The summed E-state index contributed by atoms with van der Waals surface area (Å²) in [6, 6.07) is 9.90. The van der Waals surface area contributed by atoms with Crippen molar-refractivity contribution in [1.29, 1.82) is 0 Å². The number of nitrogens with zero attached hydrogens (tertiary/aromatic N) is 2. The largest absolute Gasteiger partial charge is 0.338 e. The van der Waals surface area contributed by atoms with E-state index in [9.17, 15) is 4.79 Å². The third kappa shape index (κ3) is 2.21. The highest BCUT2D eigenvalue weighted by molar-refractivity contribution is 5.96. The van der Waals surface area contributed by atoms with Crippen LogP contribution >= 0.6 is 0 Å². The highest BCUT2D eigenvalue weighted by atomic mass is 16.2. The molecule has 1 heterocycles. The fourth-order valence-corrected chi connectivity index (χ4v) is 2.10. The van der Waals surface area contributed by atoms with Crippen molar-refractivity contribution < 1.29 is 4.79 Å². The Morgan fingerprint density at radius 1 is 1.22 bits per heavy atom. The summed E-state index contributed by atoms with van der Waals surface area (Å²) in [4.78, 5) is 18.6. The second-order valence-electron chi connectivity index (χ2n) is 4.32. The molecule has 0 bridgehead atoms. The maximum atomic E-state index is 12.3. The van der Waals surface area contributed by atoms with Crippen molar-refractivity contribution in [3.8, 4) is 0 Å². The molecule has 1 amide bonds. The molecule has 3 nitrogen and oxygen atoms in total. The molecule has 2 aromatic rings. The first-order valence-corrected chi connectivity index (χ1v) is 6.33. The van der Waals surface area contributed by atoms with Gasteiger partial charge < -0.3 is 4.90 Å². The average molecular weight is 242 g/mol. The number of hydrogen-bond donors (Lipinski definition) is 0. The number of aryl methyl sites for hydroxylation is 1. The summed E-state index contributed by atoms with van der Waals surface area (Å²) in [6.45, 7) is 7.33. The number of para-hydroxylation sites is 1. The summed E-state index contributed by atoms with van der Waals surface area (Å²) in [5, 5.41) is 1.08. The summed E-state index contributed by atoms with van der Waals surface area (Å²) in [7, 11) is 0. The molecular formula is C15H18N2O. The molecule has 1 aromatic carbocycles. The Hall–Kier alpha value is -1.90. The number of fused-ring (bicyclic) bond motifs is 1. The zero-order valence-electron chi connectivity index (χ0n) is 11.1. The molecule has 94 valence electrons. The molecule has 0 saturated heterocycles. The van der Waals surface area contributed by atoms with E-state index in [-0.39, 0.29) is 5.91 Å². The fraction of sp³-hybridized carbons (Fsp3) is 0.333. The zero-order valence-corrected chi connectivity index (χ0v) is 11.1. The molecule has 2 rings (SSSR count). The monoisotopic (exact) mass is 242 g/mol. The van der Waals surface area contributed by atoms with Crippen LogP contribution in [0.25, 0.3) is 10.9 Å². The number of carbonyl (C=O) groups excluding carboxylic acids is 1. The van der Waals surface area contributed by atoms with E-state index in [1.165, 1.54) is 0 Å². The van der Waals surface area contributed by atoms with Gasteiger partial charge in [0.05, 0.1) is 5.52 Å². The second kappa shape index (κ2) is 5.17. The van der Waals surface area contributed by atoms with Gasteiger partial charge in [-0.05, 0) is 38.5 Å². The maximum absolute atomic E-state index is 12.3. The standard InChI is InChI=1S/C15H18N2O/c1-4-17(5-2)15(18)14-11(3)10-12-8-6-7-9-13(12)16-14/h6-10H,4-5H2,1-3H3. The quantitative estimate of drug-likeness (QED) is 0.829. The van der Waals surface area contributed by atoms with Crippen molar-refractivity contribution in [2.24, 2.45) is 0 Å². The van der Waals surface area contributed by atoms with Gasteiger partial charge in [-0.2, -0.15) is 0 Å². The van der Waals surface area contributed by atoms with Crippen LogP contribution in [0.3, 0.4) is 0 Å². The van der Waals surface area contributed by atoms with Crippen LogP contribution < -0.4 is 0 Å². The van der Waals surface area contributed by atoms with E-state index < -0.39 is 0 Å². The first-order valence-electron chi connectivity index (χ1n) is 6.33. The summed E-state index contributed by atoms with van der Waals surface area (Å²) in [5.41, 5.74) is 2.38. The highest BCUT2D eigenvalue weighted by Gasteiger charge is 2.16. The molecule has 0 aliphatic rings. The van der Waals surface area contributed by atoms with Crippen LogP contribution in [0.4, 0.5) is 0 Å². The van der Waals surface area contributed by atoms with E-state index in [0.29, 0.717) is 18.8 Å². The Balaban J connectivity index is 2.50. The SMILES string of the molecule is CCN(CC)C(=O)c1nc2ccccc2cc1C. The van der Waals surface area contributed by atoms with Gasteiger partial charge >= 0.3 is 0 Å². The number of pyridine rings is 1. The van der Waals surface area contributed by atoms with Gasteiger partial charge in [0.1, 0.15) is 5.69 Å². The Morgan fingerprint density at radius 3 is 2.56 bits per heavy atom. The molecule has 3 heteroatoms. The van der Waals surface area contributed by atoms with Crippen molar-refractivity contribution in [2.75, 3.05) is 13.1 Å². The van der Waals surface area contributed by atoms with Gasteiger partial charge in [-0.15, -0.1) is 0 Å². The molecular weight excluding hydrogens is 224 g/mol. The lowest BCUT2D eigenvalue weighted by atomic mass is 10.1. The average Bonchev–Trinajstić information content (AvgIpc) is 2.39. The third-order valence-electron chi connectivity index (χ3n) is 3.17. The highest BCUT2D eigenvalue weighted by Crippen LogP contribution is 2.17. The third-order valence-corrected chi connectivity index (χ3v) is 3.17. The van der Waals surface area contributed by atoms with Crippen LogP contribution in [0.1, 0.15) is 29.9 Å². The van der Waals surface area contributed by atoms with Crippen LogP contribution in [0.2, 0.25) is 0 Å². The van der Waals surface area contributed by atoms with Gasteiger partial charge in [0.25, 0.3) is 5.91 Å². The molecule has 18 heavy (non-hydrogen) atoms. The first kappa shape index (κ1) is 12.6. The molecule has 0 aliphatic carbocycles. The molecule has 0 spiro atoms. The Morgan fingerprint density at radius 2 is 1.89 bits per heavy atom. The number of amides is 1. The lowest BCUT2D eigenvalue weighted by Crippen LogP contribution is -2.31. The van der Waals surface area contributed by atoms with Gasteiger partial charge in [-0.25, -0.2) is 4.98 Å². The van der Waals surface area contributed by atoms with Gasteiger partial charge in [0.15, 0.2) is 0 Å². The van der Waals surface area contributed by atoms with E-state index in [2.05, 4.69) is 4.98 Å². The molecule has 0 unspecified atom stereocenters. The van der Waals surface area contributed by atoms with Crippen LogP contribution in [-0.2, 0) is 0 Å². The topological polar surface area (TPSA) is 33.2 Å². The number of benzene rings is 1. The Bertz CT molecular complexity index is 574. The number of rotatable bonds is 3. The van der Waals surface area contributed by atoms with Gasteiger partial charge in [-0.1, -0.05) is 18.2 Å². The molecule has 0 fully saturated rings. The predicted octanol–water partition coefficient (Wildman–Crippen LogP) is 3.03. The minimum absolute atomic E-state index is 0.0169. The van der Waals surface area contributed by atoms with Crippen molar-refractivity contribution >= 4 is 16.8 Å². The first-order chi connectivity index (χ1) is 8.67. The lowest BCUT2D eigenvalue weighted by molar-refractivity contribution is 0.0767. The van der Waals surface area contributed by atoms with Crippen LogP contribution in [0, 0.1) is 6.92 Å². The minimum atomic E-state index is 0.0169. The molecule has 0 aliphatic heterocycles. The van der Waals surface area contributed by atoms with Gasteiger partial charge in [-0.3, -0.25) is 4.79 Å². The molecule has 0 saturated carbocycles. The molecule has 0 atom stereocenters. The fourth-order valence-electron chi connectivity index (χ4n) is 2.10. The van der Waals surface area contributed by atoms with Crippen molar-refractivity contribution in [1.82, 2.24) is 9.88 Å². The van der Waals surface area contributed by atoms with E-state index in [1.807, 2.05) is 51.1 Å².